The molecule has 0 aliphatic rings. The van der Waals surface area contributed by atoms with E-state index in [0.717, 1.165) is 23.7 Å². The number of aromatic nitrogens is 1. The number of ether oxygens (including phenoxy) is 3. The Bertz CT molecular complexity index is 572. The first-order valence-corrected chi connectivity index (χ1v) is 7.47. The third kappa shape index (κ3) is 3.93. The molecule has 0 saturated heterocycles. The van der Waals surface area contributed by atoms with Gasteiger partial charge in [0.1, 0.15) is 5.01 Å². The van der Waals surface area contributed by atoms with Crippen LogP contribution in [0.1, 0.15) is 4.88 Å². The average Bonchev–Trinajstić information content (AvgIpc) is 2.99. The van der Waals surface area contributed by atoms with Gasteiger partial charge in [0, 0.05) is 31.3 Å². The van der Waals surface area contributed by atoms with Crippen LogP contribution in [0.15, 0.2) is 24.4 Å². The second-order valence-electron chi connectivity index (χ2n) is 4.34. The minimum absolute atomic E-state index is 0.704. The van der Waals surface area contributed by atoms with E-state index in [0.29, 0.717) is 18.1 Å². The van der Waals surface area contributed by atoms with Crippen LogP contribution in [0.3, 0.4) is 0 Å². The number of hydrogen-bond donors (Lipinski definition) is 1. The van der Waals surface area contributed by atoms with E-state index in [-0.39, 0.29) is 0 Å². The van der Waals surface area contributed by atoms with Crippen LogP contribution in [-0.2, 0) is 11.3 Å². The quantitative estimate of drug-likeness (QED) is 0.760. The van der Waals surface area contributed by atoms with Gasteiger partial charge in [0.15, 0.2) is 11.5 Å². The molecule has 0 bridgehead atoms. The highest BCUT2D eigenvalue weighted by Gasteiger charge is 2.14. The van der Waals surface area contributed by atoms with Crippen molar-refractivity contribution in [3.8, 4) is 22.1 Å². The number of nitrogens with one attached hydrogen (secondary N) is 1. The fraction of sp³-hybridized carbons (Fsp3) is 0.400. The van der Waals surface area contributed by atoms with E-state index in [9.17, 15) is 0 Å². The van der Waals surface area contributed by atoms with Gasteiger partial charge in [-0.1, -0.05) is 6.07 Å². The van der Waals surface area contributed by atoms with Crippen molar-refractivity contribution in [2.75, 3.05) is 34.5 Å². The molecule has 2 aromatic rings. The summed E-state index contributed by atoms with van der Waals surface area (Å²) in [6, 6.07) is 5.81. The molecule has 21 heavy (non-hydrogen) atoms. The molecule has 114 valence electrons. The maximum atomic E-state index is 5.45. The average molecular weight is 308 g/mol. The highest BCUT2D eigenvalue weighted by atomic mass is 32.1. The van der Waals surface area contributed by atoms with E-state index in [4.69, 9.17) is 14.2 Å². The number of hydrogen-bond acceptors (Lipinski definition) is 6. The molecule has 0 spiro atoms. The lowest BCUT2D eigenvalue weighted by molar-refractivity contribution is 0.199. The number of rotatable bonds is 8. The zero-order chi connectivity index (χ0) is 15.1. The van der Waals surface area contributed by atoms with Crippen molar-refractivity contribution in [2.24, 2.45) is 0 Å². The number of thiazole rings is 1. The first-order chi connectivity index (χ1) is 10.3. The van der Waals surface area contributed by atoms with Crippen LogP contribution in [0.25, 0.3) is 10.6 Å². The van der Waals surface area contributed by atoms with Crippen LogP contribution in [0.2, 0.25) is 0 Å². The van der Waals surface area contributed by atoms with E-state index >= 15 is 0 Å². The molecule has 0 aliphatic carbocycles. The molecule has 0 amide bonds. The summed E-state index contributed by atoms with van der Waals surface area (Å²) in [4.78, 5) is 5.65. The number of nitrogens with zero attached hydrogens (tertiary/aromatic N) is 1. The Labute approximate surface area is 128 Å². The lowest BCUT2D eigenvalue weighted by Gasteiger charge is -2.10. The van der Waals surface area contributed by atoms with Gasteiger partial charge < -0.3 is 19.5 Å². The molecule has 1 aromatic carbocycles. The molecule has 0 atom stereocenters. The van der Waals surface area contributed by atoms with Crippen molar-refractivity contribution in [2.45, 2.75) is 6.54 Å². The Morgan fingerprint density at radius 1 is 1.19 bits per heavy atom. The summed E-state index contributed by atoms with van der Waals surface area (Å²) < 4.78 is 15.8. The van der Waals surface area contributed by atoms with Gasteiger partial charge in [0.25, 0.3) is 0 Å². The highest BCUT2D eigenvalue weighted by Crippen LogP contribution is 2.39. The fourth-order valence-corrected chi connectivity index (χ4v) is 2.86. The molecule has 0 radical (unpaired) electrons. The molecule has 1 heterocycles. The Morgan fingerprint density at radius 3 is 2.76 bits per heavy atom. The van der Waals surface area contributed by atoms with Gasteiger partial charge in [-0.3, -0.25) is 0 Å². The third-order valence-corrected chi connectivity index (χ3v) is 4.00. The van der Waals surface area contributed by atoms with Gasteiger partial charge in [-0.25, -0.2) is 4.98 Å². The summed E-state index contributed by atoms with van der Waals surface area (Å²) in [6.07, 6.45) is 1.89. The molecule has 0 aliphatic heterocycles. The van der Waals surface area contributed by atoms with Gasteiger partial charge in [0.2, 0.25) is 0 Å². The maximum Gasteiger partial charge on any atom is 0.170 e. The van der Waals surface area contributed by atoms with Crippen LogP contribution >= 0.6 is 11.3 Å². The SMILES string of the molecule is COCCNCc1cnc(-c2cccc(OC)c2OC)s1. The molecule has 1 N–H and O–H groups in total. The zero-order valence-corrected chi connectivity index (χ0v) is 13.3. The summed E-state index contributed by atoms with van der Waals surface area (Å²) in [6.45, 7) is 2.31. The molecule has 0 unspecified atom stereocenters. The van der Waals surface area contributed by atoms with Gasteiger partial charge in [-0.05, 0) is 12.1 Å². The van der Waals surface area contributed by atoms with Gasteiger partial charge >= 0.3 is 0 Å². The second kappa shape index (κ2) is 7.97. The molecule has 5 nitrogen and oxygen atoms in total. The predicted molar refractivity (Wildman–Crippen MR) is 84.2 cm³/mol. The molecular weight excluding hydrogens is 288 g/mol. The van der Waals surface area contributed by atoms with Gasteiger partial charge in [-0.2, -0.15) is 0 Å². The van der Waals surface area contributed by atoms with Crippen LogP contribution in [0.5, 0.6) is 11.5 Å². The summed E-state index contributed by atoms with van der Waals surface area (Å²) in [5.74, 6) is 1.43. The Morgan fingerprint density at radius 2 is 2.05 bits per heavy atom. The van der Waals surface area contributed by atoms with E-state index in [1.165, 1.54) is 4.88 Å². The first kappa shape index (κ1) is 15.8. The monoisotopic (exact) mass is 308 g/mol. The topological polar surface area (TPSA) is 52.6 Å². The lowest BCUT2D eigenvalue weighted by atomic mass is 10.2. The summed E-state index contributed by atoms with van der Waals surface area (Å²) in [5.41, 5.74) is 0.949. The van der Waals surface area contributed by atoms with E-state index < -0.39 is 0 Å². The molecule has 6 heteroatoms. The van der Waals surface area contributed by atoms with Crippen LogP contribution in [-0.4, -0.2) is 39.5 Å². The predicted octanol–water partition coefficient (Wildman–Crippen LogP) is 2.56. The van der Waals surface area contributed by atoms with E-state index in [1.807, 2.05) is 24.4 Å². The van der Waals surface area contributed by atoms with Gasteiger partial charge in [-0.15, -0.1) is 11.3 Å². The maximum absolute atomic E-state index is 5.45. The van der Waals surface area contributed by atoms with Crippen molar-refractivity contribution in [3.05, 3.63) is 29.3 Å². The van der Waals surface area contributed by atoms with Crippen molar-refractivity contribution in [3.63, 3.8) is 0 Å². The summed E-state index contributed by atoms with van der Waals surface area (Å²) >= 11 is 1.64. The van der Waals surface area contributed by atoms with Crippen molar-refractivity contribution >= 4 is 11.3 Å². The standard InChI is InChI=1S/C15H20N2O3S/c1-18-8-7-16-9-11-10-17-15(21-11)12-5-4-6-13(19-2)14(12)20-3/h4-6,10,16H,7-9H2,1-3H3. The fourth-order valence-electron chi connectivity index (χ4n) is 1.96. The normalized spacial score (nSPS) is 10.6. The lowest BCUT2D eigenvalue weighted by Crippen LogP contribution is -2.17. The second-order valence-corrected chi connectivity index (χ2v) is 5.46. The van der Waals surface area contributed by atoms with Crippen LogP contribution in [0.4, 0.5) is 0 Å². The number of benzene rings is 1. The smallest absolute Gasteiger partial charge is 0.170 e. The Kier molecular flexibility index (Phi) is 5.98. The minimum atomic E-state index is 0.704. The number of methoxy groups -OCH3 is 3. The minimum Gasteiger partial charge on any atom is -0.493 e. The first-order valence-electron chi connectivity index (χ1n) is 6.66. The van der Waals surface area contributed by atoms with Crippen molar-refractivity contribution in [1.29, 1.82) is 0 Å². The van der Waals surface area contributed by atoms with Crippen molar-refractivity contribution < 1.29 is 14.2 Å². The molecular formula is C15H20N2O3S. The van der Waals surface area contributed by atoms with E-state index in [2.05, 4.69) is 10.3 Å². The Hall–Kier alpha value is -1.63. The Balaban J connectivity index is 2.14. The van der Waals surface area contributed by atoms with Crippen LogP contribution < -0.4 is 14.8 Å². The van der Waals surface area contributed by atoms with E-state index in [1.54, 1.807) is 32.7 Å². The van der Waals surface area contributed by atoms with Crippen LogP contribution in [0, 0.1) is 0 Å². The molecule has 0 fully saturated rings. The van der Waals surface area contributed by atoms with Gasteiger partial charge in [0.05, 0.1) is 26.4 Å². The summed E-state index contributed by atoms with van der Waals surface area (Å²) in [5, 5.41) is 4.23. The molecule has 1 aromatic heterocycles. The molecule has 2 rings (SSSR count). The molecule has 0 saturated carbocycles. The largest absolute Gasteiger partial charge is 0.493 e. The third-order valence-electron chi connectivity index (χ3n) is 2.97. The number of para-hydroxylation sites is 1. The summed E-state index contributed by atoms with van der Waals surface area (Å²) in [7, 11) is 4.97. The zero-order valence-electron chi connectivity index (χ0n) is 12.5. The van der Waals surface area contributed by atoms with Crippen molar-refractivity contribution in [1.82, 2.24) is 10.3 Å². The highest BCUT2D eigenvalue weighted by molar-refractivity contribution is 7.15.